The lowest BCUT2D eigenvalue weighted by atomic mass is 10.2. The molecular formula is C21H18FN7O. The largest absolute Gasteiger partial charge is 0.321 e. The Kier molecular flexibility index (Phi) is 4.35. The van der Waals surface area contributed by atoms with Crippen LogP contribution in [-0.4, -0.2) is 35.9 Å². The van der Waals surface area contributed by atoms with E-state index in [-0.39, 0.29) is 11.6 Å². The third-order valence-electron chi connectivity index (χ3n) is 5.20. The van der Waals surface area contributed by atoms with Gasteiger partial charge in [0.25, 0.3) is 5.91 Å². The zero-order valence-corrected chi connectivity index (χ0v) is 16.2. The molecule has 2 aromatic carbocycles. The van der Waals surface area contributed by atoms with E-state index in [9.17, 15) is 9.18 Å². The minimum atomic E-state index is -0.488. The number of hydrogen-bond donors (Lipinski definition) is 1. The number of tetrazole rings is 1. The fourth-order valence-electron chi connectivity index (χ4n) is 3.80. The minimum absolute atomic E-state index is 0.162. The Morgan fingerprint density at radius 1 is 1.10 bits per heavy atom. The molecule has 2 aromatic heterocycles. The first-order chi connectivity index (χ1) is 14.6. The molecule has 0 spiro atoms. The van der Waals surface area contributed by atoms with Crippen molar-refractivity contribution in [2.75, 3.05) is 5.32 Å². The summed E-state index contributed by atoms with van der Waals surface area (Å²) < 4.78 is 17.4. The second-order valence-corrected chi connectivity index (χ2v) is 7.13. The molecule has 9 heteroatoms. The summed E-state index contributed by atoms with van der Waals surface area (Å²) >= 11 is 0. The molecule has 0 unspecified atom stereocenters. The topological polar surface area (TPSA) is 90.5 Å². The SMILES string of the molecule is Cc1nnnn1-c1cc(NC(=O)c2nn(-c3ccccc3)c3c2CCC3)ccc1F. The van der Waals surface area contributed by atoms with E-state index < -0.39 is 5.82 Å². The molecule has 0 saturated carbocycles. The molecule has 1 aliphatic rings. The molecule has 0 radical (unpaired) electrons. The fourth-order valence-corrected chi connectivity index (χ4v) is 3.80. The van der Waals surface area contributed by atoms with Crippen molar-refractivity contribution in [1.29, 1.82) is 0 Å². The third-order valence-corrected chi connectivity index (χ3v) is 5.20. The molecule has 150 valence electrons. The van der Waals surface area contributed by atoms with E-state index in [0.29, 0.717) is 17.2 Å². The van der Waals surface area contributed by atoms with Gasteiger partial charge >= 0.3 is 0 Å². The zero-order valence-electron chi connectivity index (χ0n) is 16.2. The maximum atomic E-state index is 14.3. The van der Waals surface area contributed by atoms with Crippen LogP contribution in [0.15, 0.2) is 48.5 Å². The maximum absolute atomic E-state index is 14.3. The predicted octanol–water partition coefficient (Wildman–Crippen LogP) is 3.04. The van der Waals surface area contributed by atoms with Gasteiger partial charge in [0.05, 0.1) is 5.69 Å². The predicted molar refractivity (Wildman–Crippen MR) is 107 cm³/mol. The number of carbonyl (C=O) groups excluding carboxylic acids is 1. The van der Waals surface area contributed by atoms with Gasteiger partial charge in [0.15, 0.2) is 11.5 Å². The van der Waals surface area contributed by atoms with Crippen molar-refractivity contribution in [2.24, 2.45) is 0 Å². The van der Waals surface area contributed by atoms with Gasteiger partial charge in [-0.2, -0.15) is 9.78 Å². The summed E-state index contributed by atoms with van der Waals surface area (Å²) in [4.78, 5) is 13.0. The number of para-hydroxylation sites is 1. The molecule has 4 aromatic rings. The van der Waals surface area contributed by atoms with Crippen LogP contribution < -0.4 is 5.32 Å². The number of nitrogens with zero attached hydrogens (tertiary/aromatic N) is 6. The van der Waals surface area contributed by atoms with Crippen LogP contribution in [-0.2, 0) is 12.8 Å². The molecule has 8 nitrogen and oxygen atoms in total. The van der Waals surface area contributed by atoms with Crippen molar-refractivity contribution >= 4 is 11.6 Å². The number of fused-ring (bicyclic) bond motifs is 1. The highest BCUT2D eigenvalue weighted by molar-refractivity contribution is 6.04. The van der Waals surface area contributed by atoms with Crippen LogP contribution in [0.5, 0.6) is 0 Å². The fraction of sp³-hybridized carbons (Fsp3) is 0.190. The van der Waals surface area contributed by atoms with E-state index >= 15 is 0 Å². The van der Waals surface area contributed by atoms with Gasteiger partial charge in [-0.1, -0.05) is 18.2 Å². The van der Waals surface area contributed by atoms with Gasteiger partial charge in [-0.25, -0.2) is 9.07 Å². The smallest absolute Gasteiger partial charge is 0.276 e. The summed E-state index contributed by atoms with van der Waals surface area (Å²) in [7, 11) is 0. The molecule has 1 aliphatic carbocycles. The van der Waals surface area contributed by atoms with E-state index in [4.69, 9.17) is 0 Å². The number of carbonyl (C=O) groups is 1. The van der Waals surface area contributed by atoms with Gasteiger partial charge in [-0.3, -0.25) is 4.79 Å². The number of aryl methyl sites for hydroxylation is 1. The normalized spacial score (nSPS) is 12.7. The Balaban J connectivity index is 1.48. The number of hydrogen-bond acceptors (Lipinski definition) is 5. The highest BCUT2D eigenvalue weighted by Crippen LogP contribution is 2.28. The maximum Gasteiger partial charge on any atom is 0.276 e. The van der Waals surface area contributed by atoms with E-state index in [1.54, 1.807) is 6.92 Å². The lowest BCUT2D eigenvalue weighted by Gasteiger charge is -2.08. The van der Waals surface area contributed by atoms with Crippen molar-refractivity contribution < 1.29 is 9.18 Å². The van der Waals surface area contributed by atoms with Crippen molar-refractivity contribution in [3.8, 4) is 11.4 Å². The highest BCUT2D eigenvalue weighted by Gasteiger charge is 2.27. The standard InChI is InChI=1S/C21H18FN7O/c1-13-24-26-27-28(13)19-12-14(10-11-17(19)22)23-21(30)20-16-8-5-9-18(16)29(25-20)15-6-3-2-4-7-15/h2-4,6-7,10-12H,5,8-9H2,1H3,(H,23,30). The van der Waals surface area contributed by atoms with Crippen LogP contribution in [0.2, 0.25) is 0 Å². The number of anilines is 1. The van der Waals surface area contributed by atoms with Crippen molar-refractivity contribution in [1.82, 2.24) is 30.0 Å². The van der Waals surface area contributed by atoms with E-state index in [2.05, 4.69) is 25.9 Å². The number of amides is 1. The summed E-state index contributed by atoms with van der Waals surface area (Å²) in [5, 5.41) is 18.6. The molecule has 0 saturated heterocycles. The van der Waals surface area contributed by atoms with Gasteiger partial charge in [-0.15, -0.1) is 5.10 Å². The van der Waals surface area contributed by atoms with Gasteiger partial charge in [0.2, 0.25) is 0 Å². The molecule has 5 rings (SSSR count). The Labute approximate surface area is 171 Å². The average Bonchev–Trinajstić information content (AvgIpc) is 3.46. The number of halogens is 1. The summed E-state index contributed by atoms with van der Waals surface area (Å²) in [6, 6.07) is 14.1. The summed E-state index contributed by atoms with van der Waals surface area (Å²) in [6.07, 6.45) is 2.67. The van der Waals surface area contributed by atoms with Gasteiger partial charge < -0.3 is 5.32 Å². The van der Waals surface area contributed by atoms with Crippen LogP contribution in [0, 0.1) is 12.7 Å². The van der Waals surface area contributed by atoms with Crippen LogP contribution in [0.1, 0.15) is 34.0 Å². The molecule has 0 fully saturated rings. The molecule has 2 heterocycles. The number of aromatic nitrogens is 6. The first kappa shape index (κ1) is 18.2. The number of rotatable bonds is 4. The molecule has 0 bridgehead atoms. The Morgan fingerprint density at radius 3 is 2.70 bits per heavy atom. The molecule has 0 aliphatic heterocycles. The van der Waals surface area contributed by atoms with Gasteiger partial charge in [0, 0.05) is 16.9 Å². The monoisotopic (exact) mass is 403 g/mol. The summed E-state index contributed by atoms with van der Waals surface area (Å²) in [5.74, 6) is -0.372. The molecule has 1 amide bonds. The molecule has 0 atom stereocenters. The molecule has 30 heavy (non-hydrogen) atoms. The highest BCUT2D eigenvalue weighted by atomic mass is 19.1. The van der Waals surface area contributed by atoms with E-state index in [1.807, 2.05) is 35.0 Å². The van der Waals surface area contributed by atoms with Gasteiger partial charge in [-0.05, 0) is 66.9 Å². The first-order valence-corrected chi connectivity index (χ1v) is 9.64. The van der Waals surface area contributed by atoms with Crippen LogP contribution >= 0.6 is 0 Å². The quantitative estimate of drug-likeness (QED) is 0.566. The second kappa shape index (κ2) is 7.18. The van der Waals surface area contributed by atoms with Crippen molar-refractivity contribution in [2.45, 2.75) is 26.2 Å². The molecular weight excluding hydrogens is 385 g/mol. The average molecular weight is 403 g/mol. The lowest BCUT2D eigenvalue weighted by Crippen LogP contribution is -2.15. The first-order valence-electron chi connectivity index (χ1n) is 9.64. The number of benzene rings is 2. The Morgan fingerprint density at radius 2 is 1.93 bits per heavy atom. The number of nitrogens with one attached hydrogen (secondary N) is 1. The van der Waals surface area contributed by atoms with Crippen molar-refractivity contribution in [3.05, 3.63) is 77.1 Å². The Bertz CT molecular complexity index is 1250. The van der Waals surface area contributed by atoms with Crippen LogP contribution in [0.25, 0.3) is 11.4 Å². The second-order valence-electron chi connectivity index (χ2n) is 7.13. The van der Waals surface area contributed by atoms with Gasteiger partial charge in [0.1, 0.15) is 11.5 Å². The minimum Gasteiger partial charge on any atom is -0.321 e. The van der Waals surface area contributed by atoms with Crippen LogP contribution in [0.4, 0.5) is 10.1 Å². The van der Waals surface area contributed by atoms with Crippen LogP contribution in [0.3, 0.4) is 0 Å². The third kappa shape index (κ3) is 3.04. The Hall–Kier alpha value is -3.88. The summed E-state index contributed by atoms with van der Waals surface area (Å²) in [6.45, 7) is 1.67. The van der Waals surface area contributed by atoms with Crippen molar-refractivity contribution in [3.63, 3.8) is 0 Å². The summed E-state index contributed by atoms with van der Waals surface area (Å²) in [5.41, 5.74) is 3.96. The molecule has 1 N–H and O–H groups in total. The zero-order chi connectivity index (χ0) is 20.7. The lowest BCUT2D eigenvalue weighted by molar-refractivity contribution is 0.102. The van der Waals surface area contributed by atoms with E-state index in [1.165, 1.54) is 22.9 Å². The van der Waals surface area contributed by atoms with E-state index in [0.717, 1.165) is 36.2 Å².